The summed E-state index contributed by atoms with van der Waals surface area (Å²) in [6.07, 6.45) is 1.20. The number of rotatable bonds is 9. The Morgan fingerprint density at radius 2 is 2.00 bits per heavy atom. The molecule has 0 spiro atoms. The van der Waals surface area contributed by atoms with E-state index in [1.54, 1.807) is 14.2 Å². The minimum atomic E-state index is -0.225. The topological polar surface area (TPSA) is 56.5 Å². The molecular weight excluding hydrogens is 184 g/mol. The van der Waals surface area contributed by atoms with Crippen LogP contribution in [0.4, 0.5) is 0 Å². The first-order chi connectivity index (χ1) is 6.35. The van der Waals surface area contributed by atoms with Crippen LogP contribution in [0.1, 0.15) is 6.42 Å². The van der Waals surface area contributed by atoms with Crippen molar-refractivity contribution in [3.05, 3.63) is 0 Å². The minimum Gasteiger partial charge on any atom is -0.360 e. The molecule has 0 amide bonds. The smallest absolute Gasteiger partial charge is 0.134 e. The summed E-state index contributed by atoms with van der Waals surface area (Å²) in [5.74, 6) is 0.0921. The Balaban J connectivity index is 3.05. The Morgan fingerprint density at radius 1 is 1.31 bits per heavy atom. The Hall–Kier alpha value is 0.0569. The Kier molecular flexibility index (Phi) is 10.2. The summed E-state index contributed by atoms with van der Waals surface area (Å²) in [5, 5.41) is 3.26. The van der Waals surface area contributed by atoms with Crippen LogP contribution in [0.3, 0.4) is 0 Å². The molecule has 0 radical (unpaired) electrons. The fraction of sp³-hybridized carbons (Fsp3) is 1.00. The van der Waals surface area contributed by atoms with Gasteiger partial charge in [-0.15, -0.1) is 0 Å². The second-order valence-electron chi connectivity index (χ2n) is 2.94. The van der Waals surface area contributed by atoms with E-state index in [2.05, 4.69) is 5.32 Å². The SMILES string of the molecule is COC(OC)[SiH2]CCCNCCN. The number of methoxy groups -OCH3 is 2. The van der Waals surface area contributed by atoms with E-state index < -0.39 is 0 Å². The molecule has 4 nitrogen and oxygen atoms in total. The molecule has 0 atom stereocenters. The molecule has 0 unspecified atom stereocenters. The molecule has 0 saturated carbocycles. The van der Waals surface area contributed by atoms with Crippen LogP contribution in [-0.2, 0) is 9.47 Å². The van der Waals surface area contributed by atoms with Gasteiger partial charge in [0.05, 0.1) is 9.52 Å². The van der Waals surface area contributed by atoms with E-state index in [1.807, 2.05) is 0 Å². The van der Waals surface area contributed by atoms with Crippen LogP contribution in [0.25, 0.3) is 0 Å². The quantitative estimate of drug-likeness (QED) is 0.291. The summed E-state index contributed by atoms with van der Waals surface area (Å²) < 4.78 is 10.3. The molecule has 0 aliphatic carbocycles. The number of ether oxygens (including phenoxy) is 2. The molecule has 5 heteroatoms. The van der Waals surface area contributed by atoms with Crippen molar-refractivity contribution >= 4 is 9.52 Å². The summed E-state index contributed by atoms with van der Waals surface area (Å²) in [4.78, 5) is 0. The second-order valence-corrected chi connectivity index (χ2v) is 4.89. The zero-order valence-corrected chi connectivity index (χ0v) is 10.1. The van der Waals surface area contributed by atoms with Gasteiger partial charge in [-0.3, -0.25) is 0 Å². The standard InChI is InChI=1S/C8H22N2O2Si/c1-11-8(12-2)13-7-3-5-10-6-4-9/h8,10H,3-7,9,13H2,1-2H3. The van der Waals surface area contributed by atoms with Gasteiger partial charge < -0.3 is 20.5 Å². The number of hydrogen-bond acceptors (Lipinski definition) is 4. The van der Waals surface area contributed by atoms with E-state index in [-0.39, 0.29) is 15.4 Å². The van der Waals surface area contributed by atoms with Gasteiger partial charge in [0.1, 0.15) is 5.91 Å². The highest BCUT2D eigenvalue weighted by Gasteiger charge is 2.03. The monoisotopic (exact) mass is 206 g/mol. The van der Waals surface area contributed by atoms with E-state index in [4.69, 9.17) is 15.2 Å². The van der Waals surface area contributed by atoms with Gasteiger partial charge in [-0.2, -0.15) is 0 Å². The first-order valence-corrected chi connectivity index (χ1v) is 6.63. The lowest BCUT2D eigenvalue weighted by molar-refractivity contribution is -0.0441. The Morgan fingerprint density at radius 3 is 2.54 bits per heavy atom. The average molecular weight is 206 g/mol. The molecule has 13 heavy (non-hydrogen) atoms. The molecule has 0 aromatic carbocycles. The van der Waals surface area contributed by atoms with E-state index in [0.29, 0.717) is 0 Å². The van der Waals surface area contributed by atoms with Crippen LogP contribution in [0.15, 0.2) is 0 Å². The van der Waals surface area contributed by atoms with Crippen molar-refractivity contribution < 1.29 is 9.47 Å². The third-order valence-electron chi connectivity index (χ3n) is 1.89. The van der Waals surface area contributed by atoms with Gasteiger partial charge in [0, 0.05) is 27.3 Å². The van der Waals surface area contributed by atoms with Crippen molar-refractivity contribution in [3.63, 3.8) is 0 Å². The van der Waals surface area contributed by atoms with Gasteiger partial charge in [0.2, 0.25) is 0 Å². The molecule has 80 valence electrons. The molecule has 0 aliphatic rings. The van der Waals surface area contributed by atoms with Crippen LogP contribution in [0.2, 0.25) is 6.04 Å². The van der Waals surface area contributed by atoms with Crippen LogP contribution < -0.4 is 11.1 Å². The largest absolute Gasteiger partial charge is 0.360 e. The molecule has 0 heterocycles. The lowest BCUT2D eigenvalue weighted by atomic mass is 10.5. The minimum absolute atomic E-state index is 0.0921. The zero-order chi connectivity index (χ0) is 9.94. The summed E-state index contributed by atoms with van der Waals surface area (Å²) in [6, 6.07) is 1.25. The van der Waals surface area contributed by atoms with Gasteiger partial charge >= 0.3 is 0 Å². The summed E-state index contributed by atoms with van der Waals surface area (Å²) in [6.45, 7) is 2.69. The molecule has 3 N–H and O–H groups in total. The molecule has 0 aliphatic heterocycles. The molecule has 0 aromatic rings. The summed E-state index contributed by atoms with van der Waals surface area (Å²) in [7, 11) is 3.18. The van der Waals surface area contributed by atoms with E-state index >= 15 is 0 Å². The van der Waals surface area contributed by atoms with Crippen molar-refractivity contribution in [3.8, 4) is 0 Å². The first kappa shape index (κ1) is 13.1. The number of nitrogens with one attached hydrogen (secondary N) is 1. The molecule has 0 saturated heterocycles. The molecule has 0 aromatic heterocycles. The normalized spacial score (nSPS) is 12.0. The van der Waals surface area contributed by atoms with Gasteiger partial charge in [-0.05, 0) is 13.0 Å². The van der Waals surface area contributed by atoms with Crippen molar-refractivity contribution in [2.75, 3.05) is 33.9 Å². The average Bonchev–Trinajstić information content (AvgIpc) is 2.17. The maximum atomic E-state index is 5.34. The van der Waals surface area contributed by atoms with Crippen LogP contribution in [0, 0.1) is 0 Å². The predicted molar refractivity (Wildman–Crippen MR) is 57.7 cm³/mol. The van der Waals surface area contributed by atoms with Crippen LogP contribution in [0.5, 0.6) is 0 Å². The van der Waals surface area contributed by atoms with Gasteiger partial charge in [-0.1, -0.05) is 6.04 Å². The third-order valence-corrected chi connectivity index (χ3v) is 3.94. The van der Waals surface area contributed by atoms with Gasteiger partial charge in [-0.25, -0.2) is 0 Å². The summed E-state index contributed by atoms with van der Waals surface area (Å²) >= 11 is 0. The van der Waals surface area contributed by atoms with Crippen molar-refractivity contribution in [1.82, 2.24) is 5.32 Å². The molecule has 0 bridgehead atoms. The first-order valence-electron chi connectivity index (χ1n) is 4.81. The van der Waals surface area contributed by atoms with E-state index in [0.717, 1.165) is 19.6 Å². The lowest BCUT2D eigenvalue weighted by Gasteiger charge is -2.12. The van der Waals surface area contributed by atoms with Crippen LogP contribution >= 0.6 is 0 Å². The van der Waals surface area contributed by atoms with E-state index in [1.165, 1.54) is 12.5 Å². The fourth-order valence-electron chi connectivity index (χ4n) is 1.12. The summed E-state index contributed by atoms with van der Waals surface area (Å²) in [5.41, 5.74) is 5.34. The fourth-order valence-corrected chi connectivity index (χ4v) is 2.46. The highest BCUT2D eigenvalue weighted by atomic mass is 28.2. The van der Waals surface area contributed by atoms with Crippen molar-refractivity contribution in [2.24, 2.45) is 5.73 Å². The maximum absolute atomic E-state index is 5.34. The number of hydrogen-bond donors (Lipinski definition) is 2. The van der Waals surface area contributed by atoms with Crippen LogP contribution in [-0.4, -0.2) is 49.3 Å². The van der Waals surface area contributed by atoms with E-state index in [9.17, 15) is 0 Å². The Labute approximate surface area is 83.0 Å². The van der Waals surface area contributed by atoms with Crippen molar-refractivity contribution in [1.29, 1.82) is 0 Å². The van der Waals surface area contributed by atoms with Crippen molar-refractivity contribution in [2.45, 2.75) is 18.4 Å². The van der Waals surface area contributed by atoms with Gasteiger partial charge in [0.15, 0.2) is 0 Å². The maximum Gasteiger partial charge on any atom is 0.134 e. The predicted octanol–water partition coefficient (Wildman–Crippen LogP) is -0.912. The third kappa shape index (κ3) is 8.39. The second kappa shape index (κ2) is 10.1. The van der Waals surface area contributed by atoms with Gasteiger partial charge in [0.25, 0.3) is 0 Å². The molecule has 0 fully saturated rings. The number of nitrogens with two attached hydrogens (primary N) is 1. The highest BCUT2D eigenvalue weighted by molar-refractivity contribution is 6.36. The molecule has 0 rings (SSSR count). The highest BCUT2D eigenvalue weighted by Crippen LogP contribution is 1.94. The Bertz CT molecular complexity index is 102. The lowest BCUT2D eigenvalue weighted by Crippen LogP contribution is -2.25. The molecular formula is C8H22N2O2Si. The zero-order valence-electron chi connectivity index (χ0n) is 8.71.